The third-order valence-electron chi connectivity index (χ3n) is 0.576. The summed E-state index contributed by atoms with van der Waals surface area (Å²) in [7, 11) is 0. The summed E-state index contributed by atoms with van der Waals surface area (Å²) in [5.41, 5.74) is 0. The molecule has 0 nitrogen and oxygen atoms in total. The van der Waals surface area contributed by atoms with Gasteiger partial charge in [0.15, 0.2) is 0 Å². The lowest BCUT2D eigenvalue weighted by Crippen LogP contribution is -2.22. The van der Waals surface area contributed by atoms with E-state index >= 15 is 0 Å². The van der Waals surface area contributed by atoms with Crippen LogP contribution in [-0.4, -0.2) is 12.3 Å². The number of allylic oxidation sites excluding steroid dienone is 1. The van der Waals surface area contributed by atoms with E-state index in [0.29, 0.717) is 0 Å². The van der Waals surface area contributed by atoms with Crippen LogP contribution in [0.2, 0.25) is 0 Å². The first-order valence-corrected chi connectivity index (χ1v) is 3.19. The highest BCUT2D eigenvalue weighted by atomic mass is 127. The second-order valence-corrected chi connectivity index (χ2v) is 1.99. The molecular formula is C4H3F4I. The summed E-state index contributed by atoms with van der Waals surface area (Å²) in [6, 6.07) is 0. The van der Waals surface area contributed by atoms with Crippen molar-refractivity contribution in [3.8, 4) is 0 Å². The second kappa shape index (κ2) is 3.38. The monoisotopic (exact) mass is 254 g/mol. The molecular weight excluding hydrogens is 251 g/mol. The van der Waals surface area contributed by atoms with Gasteiger partial charge in [-0.15, -0.1) is 0 Å². The Morgan fingerprint density at radius 3 is 1.89 bits per heavy atom. The molecule has 0 amide bonds. The molecule has 0 spiro atoms. The van der Waals surface area contributed by atoms with Crippen molar-refractivity contribution < 1.29 is 17.6 Å². The Kier molecular flexibility index (Phi) is 3.45. The molecule has 0 rings (SSSR count). The normalized spacial score (nSPS) is 13.6. The van der Waals surface area contributed by atoms with Gasteiger partial charge in [-0.2, -0.15) is 8.78 Å². The van der Waals surface area contributed by atoms with Crippen molar-refractivity contribution in [2.45, 2.75) is 12.3 Å². The maximum absolute atomic E-state index is 11.7. The lowest BCUT2D eigenvalue weighted by Gasteiger charge is -2.07. The molecule has 0 saturated carbocycles. The third-order valence-corrected chi connectivity index (χ3v) is 0.936. The largest absolute Gasteiger partial charge is 0.326 e. The van der Waals surface area contributed by atoms with Gasteiger partial charge in [-0.3, -0.25) is 0 Å². The molecule has 0 aliphatic carbocycles. The SMILES string of the molecule is FC(F)C(F)(F)/C=C/I. The Morgan fingerprint density at radius 2 is 1.78 bits per heavy atom. The minimum Gasteiger partial charge on any atom is -0.203 e. The molecule has 5 heteroatoms. The third kappa shape index (κ3) is 3.02. The van der Waals surface area contributed by atoms with Crippen LogP contribution >= 0.6 is 22.6 Å². The van der Waals surface area contributed by atoms with E-state index < -0.39 is 12.3 Å². The summed E-state index contributed by atoms with van der Waals surface area (Å²) in [6.07, 6.45) is -3.44. The minimum atomic E-state index is -3.97. The van der Waals surface area contributed by atoms with Gasteiger partial charge in [0.05, 0.1) is 0 Å². The van der Waals surface area contributed by atoms with Crippen molar-refractivity contribution in [1.82, 2.24) is 0 Å². The fraction of sp³-hybridized carbons (Fsp3) is 0.500. The molecule has 0 N–H and O–H groups in total. The molecule has 0 saturated heterocycles. The van der Waals surface area contributed by atoms with Gasteiger partial charge in [0.25, 0.3) is 0 Å². The molecule has 0 fully saturated rings. The highest BCUT2D eigenvalue weighted by Gasteiger charge is 2.37. The Morgan fingerprint density at radius 1 is 1.33 bits per heavy atom. The topological polar surface area (TPSA) is 0 Å². The van der Waals surface area contributed by atoms with E-state index in [-0.39, 0.29) is 6.08 Å². The van der Waals surface area contributed by atoms with Gasteiger partial charge < -0.3 is 0 Å². The summed E-state index contributed by atoms with van der Waals surface area (Å²) >= 11 is 1.45. The first-order chi connectivity index (χ1) is 4.00. The Balaban J connectivity index is 4.01. The zero-order valence-corrected chi connectivity index (χ0v) is 6.28. The van der Waals surface area contributed by atoms with E-state index in [9.17, 15) is 17.6 Å². The Hall–Kier alpha value is 0.190. The molecule has 0 unspecified atom stereocenters. The Labute approximate surface area is 63.1 Å². The number of alkyl halides is 4. The number of hydrogen-bond acceptors (Lipinski definition) is 0. The maximum Gasteiger partial charge on any atom is 0.326 e. The van der Waals surface area contributed by atoms with Crippen molar-refractivity contribution in [2.75, 3.05) is 0 Å². The van der Waals surface area contributed by atoms with Gasteiger partial charge in [0.2, 0.25) is 0 Å². The molecule has 0 aromatic heterocycles. The van der Waals surface area contributed by atoms with Gasteiger partial charge >= 0.3 is 12.3 Å². The van der Waals surface area contributed by atoms with Crippen LogP contribution in [0.1, 0.15) is 0 Å². The van der Waals surface area contributed by atoms with Gasteiger partial charge in [0, 0.05) is 0 Å². The smallest absolute Gasteiger partial charge is 0.203 e. The quantitative estimate of drug-likeness (QED) is 0.525. The van der Waals surface area contributed by atoms with E-state index in [1.54, 1.807) is 0 Å². The lowest BCUT2D eigenvalue weighted by molar-refractivity contribution is -0.0904. The number of rotatable bonds is 2. The molecule has 0 aliphatic rings. The van der Waals surface area contributed by atoms with E-state index in [0.717, 1.165) is 4.08 Å². The van der Waals surface area contributed by atoms with Gasteiger partial charge in [-0.05, 0) is 10.2 Å². The summed E-state index contributed by atoms with van der Waals surface area (Å²) in [4.78, 5) is 0. The zero-order valence-electron chi connectivity index (χ0n) is 4.12. The molecule has 0 radical (unpaired) electrons. The summed E-state index contributed by atoms with van der Waals surface area (Å²) < 4.78 is 46.7. The summed E-state index contributed by atoms with van der Waals surface area (Å²) in [5.74, 6) is -3.97. The minimum absolute atomic E-state index is 0.165. The molecule has 0 heterocycles. The fourth-order valence-electron chi connectivity index (χ4n) is 0.157. The maximum atomic E-state index is 11.7. The molecule has 54 valence electrons. The molecule has 0 aromatic carbocycles. The highest BCUT2D eigenvalue weighted by molar-refractivity contribution is 14.1. The zero-order chi connectivity index (χ0) is 7.49. The van der Waals surface area contributed by atoms with Crippen molar-refractivity contribution >= 4 is 22.6 Å². The van der Waals surface area contributed by atoms with Crippen molar-refractivity contribution in [3.05, 3.63) is 10.2 Å². The van der Waals surface area contributed by atoms with Crippen molar-refractivity contribution in [1.29, 1.82) is 0 Å². The fourth-order valence-corrected chi connectivity index (χ4v) is 0.636. The first-order valence-electron chi connectivity index (χ1n) is 1.94. The van der Waals surface area contributed by atoms with Crippen LogP contribution in [0.15, 0.2) is 10.2 Å². The molecule has 0 bridgehead atoms. The Bertz CT molecular complexity index is 109. The van der Waals surface area contributed by atoms with Crippen LogP contribution in [0.5, 0.6) is 0 Å². The van der Waals surface area contributed by atoms with Crippen LogP contribution in [-0.2, 0) is 0 Å². The van der Waals surface area contributed by atoms with Crippen LogP contribution in [0.4, 0.5) is 17.6 Å². The van der Waals surface area contributed by atoms with Crippen LogP contribution in [0.25, 0.3) is 0 Å². The number of hydrogen-bond donors (Lipinski definition) is 0. The summed E-state index contributed by atoms with van der Waals surface area (Å²) in [5, 5.41) is 0. The predicted octanol–water partition coefficient (Wildman–Crippen LogP) is 2.84. The van der Waals surface area contributed by atoms with Gasteiger partial charge in [0.1, 0.15) is 0 Å². The standard InChI is InChI=1S/C4H3F4I/c5-3(6)4(7,8)1-2-9/h1-3H/b2-1+. The molecule has 0 aromatic rings. The van der Waals surface area contributed by atoms with Crippen molar-refractivity contribution in [3.63, 3.8) is 0 Å². The lowest BCUT2D eigenvalue weighted by atomic mass is 10.3. The van der Waals surface area contributed by atoms with Gasteiger partial charge in [-0.1, -0.05) is 22.6 Å². The van der Waals surface area contributed by atoms with Crippen LogP contribution in [0, 0.1) is 0 Å². The highest BCUT2D eigenvalue weighted by Crippen LogP contribution is 2.24. The molecule has 0 atom stereocenters. The number of halogens is 5. The predicted molar refractivity (Wildman–Crippen MR) is 34.1 cm³/mol. The van der Waals surface area contributed by atoms with Gasteiger partial charge in [-0.25, -0.2) is 8.78 Å². The average molecular weight is 254 g/mol. The summed E-state index contributed by atoms with van der Waals surface area (Å²) in [6.45, 7) is 0. The second-order valence-electron chi connectivity index (χ2n) is 1.27. The van der Waals surface area contributed by atoms with E-state index in [1.165, 1.54) is 22.6 Å². The average Bonchev–Trinajstić information content (AvgIpc) is 1.65. The van der Waals surface area contributed by atoms with Crippen molar-refractivity contribution in [2.24, 2.45) is 0 Å². The van der Waals surface area contributed by atoms with E-state index in [1.807, 2.05) is 0 Å². The van der Waals surface area contributed by atoms with E-state index in [4.69, 9.17) is 0 Å². The molecule has 9 heavy (non-hydrogen) atoms. The van der Waals surface area contributed by atoms with Crippen LogP contribution in [0.3, 0.4) is 0 Å². The van der Waals surface area contributed by atoms with E-state index in [2.05, 4.69) is 0 Å². The van der Waals surface area contributed by atoms with Crippen LogP contribution < -0.4 is 0 Å². The molecule has 0 aliphatic heterocycles. The first kappa shape index (κ1) is 9.19.